The first-order chi connectivity index (χ1) is 6.31. The lowest BCUT2D eigenvalue weighted by atomic mass is 10.1. The molecule has 70 valence electrons. The maximum atomic E-state index is 5.16. The molecule has 0 saturated carbocycles. The van der Waals surface area contributed by atoms with Crippen LogP contribution in [0.4, 0.5) is 0 Å². The quantitative estimate of drug-likeness (QED) is 0.585. The lowest BCUT2D eigenvalue weighted by molar-refractivity contribution is 0.385. The van der Waals surface area contributed by atoms with Gasteiger partial charge in [-0.15, -0.1) is 0 Å². The van der Waals surface area contributed by atoms with E-state index in [1.807, 2.05) is 13.2 Å². The summed E-state index contributed by atoms with van der Waals surface area (Å²) in [6.45, 7) is 1.82. The van der Waals surface area contributed by atoms with Crippen molar-refractivity contribution in [2.75, 3.05) is 13.6 Å². The number of nitrogens with one attached hydrogen (secondary N) is 2. The Bertz CT molecular complexity index is 320. The molecular formula is C8H12N4S. The molecule has 2 N–H and O–H groups in total. The molecule has 2 heterocycles. The lowest BCUT2D eigenvalue weighted by Gasteiger charge is -2.28. The Morgan fingerprint density at radius 2 is 2.62 bits per heavy atom. The summed E-state index contributed by atoms with van der Waals surface area (Å²) in [7, 11) is 1.85. The number of thiocarbonyl (C=S) groups is 1. The molecule has 0 bridgehead atoms. The van der Waals surface area contributed by atoms with Crippen molar-refractivity contribution in [1.29, 1.82) is 0 Å². The van der Waals surface area contributed by atoms with Gasteiger partial charge in [-0.25, -0.2) is 0 Å². The third-order valence-corrected chi connectivity index (χ3v) is 2.77. The highest BCUT2D eigenvalue weighted by molar-refractivity contribution is 7.80. The van der Waals surface area contributed by atoms with E-state index in [2.05, 4.69) is 20.4 Å². The predicted molar refractivity (Wildman–Crippen MR) is 54.4 cm³/mol. The zero-order valence-electron chi connectivity index (χ0n) is 7.50. The van der Waals surface area contributed by atoms with Crippen LogP contribution >= 0.6 is 12.2 Å². The molecule has 1 aromatic rings. The second kappa shape index (κ2) is 3.33. The topological polar surface area (TPSA) is 44.0 Å². The SMILES string of the molecule is CNC(=S)N1CCc2cn[nH]c2C1. The van der Waals surface area contributed by atoms with E-state index in [9.17, 15) is 0 Å². The van der Waals surface area contributed by atoms with Crippen LogP contribution in [0, 0.1) is 0 Å². The second-order valence-corrected chi connectivity index (χ2v) is 3.49. The first-order valence-electron chi connectivity index (χ1n) is 4.29. The van der Waals surface area contributed by atoms with E-state index in [1.165, 1.54) is 11.3 Å². The minimum absolute atomic E-state index is 0.806. The molecule has 0 saturated heterocycles. The molecule has 0 spiro atoms. The van der Waals surface area contributed by atoms with E-state index >= 15 is 0 Å². The van der Waals surface area contributed by atoms with Crippen LogP contribution in [0.5, 0.6) is 0 Å². The molecule has 1 aromatic heterocycles. The van der Waals surface area contributed by atoms with Crippen molar-refractivity contribution < 1.29 is 0 Å². The number of aromatic nitrogens is 2. The number of hydrogen-bond acceptors (Lipinski definition) is 2. The molecule has 4 nitrogen and oxygen atoms in total. The van der Waals surface area contributed by atoms with Crippen molar-refractivity contribution >= 4 is 17.3 Å². The van der Waals surface area contributed by atoms with Gasteiger partial charge in [0.1, 0.15) is 0 Å². The molecule has 1 aliphatic rings. The molecule has 0 unspecified atom stereocenters. The van der Waals surface area contributed by atoms with Crippen LogP contribution < -0.4 is 5.32 Å². The van der Waals surface area contributed by atoms with Gasteiger partial charge in [-0.3, -0.25) is 5.10 Å². The van der Waals surface area contributed by atoms with Gasteiger partial charge in [0.15, 0.2) is 5.11 Å². The normalized spacial score (nSPS) is 15.3. The van der Waals surface area contributed by atoms with Gasteiger partial charge >= 0.3 is 0 Å². The summed E-state index contributed by atoms with van der Waals surface area (Å²) in [5.41, 5.74) is 2.50. The standard InChI is InChI=1S/C8H12N4S/c1-9-8(13)12-3-2-6-4-10-11-7(6)5-12/h4H,2-3,5H2,1H3,(H,9,13)(H,10,11). The number of aromatic amines is 1. The fraction of sp³-hybridized carbons (Fsp3) is 0.500. The molecule has 0 fully saturated rings. The minimum atomic E-state index is 0.806. The molecule has 0 aliphatic carbocycles. The Hall–Kier alpha value is -1.10. The van der Waals surface area contributed by atoms with Gasteiger partial charge in [-0.1, -0.05) is 0 Å². The third kappa shape index (κ3) is 1.51. The summed E-state index contributed by atoms with van der Waals surface area (Å²) in [6.07, 6.45) is 2.92. The minimum Gasteiger partial charge on any atom is -0.366 e. The van der Waals surface area contributed by atoms with Crippen LogP contribution in [0.3, 0.4) is 0 Å². The van der Waals surface area contributed by atoms with E-state index in [4.69, 9.17) is 12.2 Å². The third-order valence-electron chi connectivity index (χ3n) is 2.31. The second-order valence-electron chi connectivity index (χ2n) is 3.10. The number of hydrogen-bond donors (Lipinski definition) is 2. The molecule has 13 heavy (non-hydrogen) atoms. The van der Waals surface area contributed by atoms with Crippen molar-refractivity contribution in [2.45, 2.75) is 13.0 Å². The van der Waals surface area contributed by atoms with Crippen LogP contribution in [-0.4, -0.2) is 33.8 Å². The number of nitrogens with zero attached hydrogens (tertiary/aromatic N) is 2. The molecule has 0 atom stereocenters. The van der Waals surface area contributed by atoms with Crippen molar-refractivity contribution in [2.24, 2.45) is 0 Å². The number of rotatable bonds is 0. The number of fused-ring (bicyclic) bond motifs is 1. The summed E-state index contributed by atoms with van der Waals surface area (Å²) in [5, 5.41) is 10.8. The fourth-order valence-corrected chi connectivity index (χ4v) is 1.70. The summed E-state index contributed by atoms with van der Waals surface area (Å²) >= 11 is 5.16. The Morgan fingerprint density at radius 3 is 3.38 bits per heavy atom. The van der Waals surface area contributed by atoms with Crippen LogP contribution in [0.15, 0.2) is 6.20 Å². The summed E-state index contributed by atoms with van der Waals surface area (Å²) in [5.74, 6) is 0. The average molecular weight is 196 g/mol. The van der Waals surface area contributed by atoms with Crippen LogP contribution in [-0.2, 0) is 13.0 Å². The Morgan fingerprint density at radius 1 is 1.77 bits per heavy atom. The van der Waals surface area contributed by atoms with Gasteiger partial charge < -0.3 is 10.2 Å². The Kier molecular flexibility index (Phi) is 2.18. The summed E-state index contributed by atoms with van der Waals surface area (Å²) in [4.78, 5) is 2.13. The highest BCUT2D eigenvalue weighted by Gasteiger charge is 2.18. The zero-order chi connectivity index (χ0) is 9.26. The van der Waals surface area contributed by atoms with E-state index in [0.29, 0.717) is 0 Å². The maximum Gasteiger partial charge on any atom is 0.169 e. The van der Waals surface area contributed by atoms with Crippen LogP contribution in [0.1, 0.15) is 11.3 Å². The van der Waals surface area contributed by atoms with E-state index in [-0.39, 0.29) is 0 Å². The van der Waals surface area contributed by atoms with Crippen molar-refractivity contribution in [3.05, 3.63) is 17.5 Å². The molecule has 1 aliphatic heterocycles. The maximum absolute atomic E-state index is 5.16. The molecule has 0 aromatic carbocycles. The molecule has 5 heteroatoms. The van der Waals surface area contributed by atoms with Gasteiger partial charge in [0.25, 0.3) is 0 Å². The monoisotopic (exact) mass is 196 g/mol. The van der Waals surface area contributed by atoms with Gasteiger partial charge in [0.05, 0.1) is 18.4 Å². The zero-order valence-corrected chi connectivity index (χ0v) is 8.32. The molecule has 0 radical (unpaired) electrons. The number of H-pyrrole nitrogens is 1. The Labute approximate surface area is 82.3 Å². The van der Waals surface area contributed by atoms with Gasteiger partial charge in [-0.05, 0) is 24.2 Å². The molecule has 2 rings (SSSR count). The molecule has 0 amide bonds. The molecular weight excluding hydrogens is 184 g/mol. The van der Waals surface area contributed by atoms with Gasteiger partial charge in [0, 0.05) is 13.6 Å². The van der Waals surface area contributed by atoms with E-state index in [1.54, 1.807) is 0 Å². The lowest BCUT2D eigenvalue weighted by Crippen LogP contribution is -2.40. The fourth-order valence-electron chi connectivity index (χ4n) is 1.55. The van der Waals surface area contributed by atoms with Crippen LogP contribution in [0.2, 0.25) is 0 Å². The highest BCUT2D eigenvalue weighted by atomic mass is 32.1. The van der Waals surface area contributed by atoms with Gasteiger partial charge in [-0.2, -0.15) is 5.10 Å². The first-order valence-corrected chi connectivity index (χ1v) is 4.70. The van der Waals surface area contributed by atoms with Crippen molar-refractivity contribution in [3.63, 3.8) is 0 Å². The van der Waals surface area contributed by atoms with Crippen LogP contribution in [0.25, 0.3) is 0 Å². The van der Waals surface area contributed by atoms with Gasteiger partial charge in [0.2, 0.25) is 0 Å². The first kappa shape index (κ1) is 8.50. The predicted octanol–water partition coefficient (Wildman–Crippen LogP) is 0.272. The summed E-state index contributed by atoms with van der Waals surface area (Å²) < 4.78 is 0. The summed E-state index contributed by atoms with van der Waals surface area (Å²) in [6, 6.07) is 0. The smallest absolute Gasteiger partial charge is 0.169 e. The Balaban J connectivity index is 2.13. The van der Waals surface area contributed by atoms with Crippen molar-refractivity contribution in [3.8, 4) is 0 Å². The van der Waals surface area contributed by atoms with E-state index in [0.717, 1.165) is 24.6 Å². The average Bonchev–Trinajstić information content (AvgIpc) is 2.63. The highest BCUT2D eigenvalue weighted by Crippen LogP contribution is 2.15. The van der Waals surface area contributed by atoms with Crippen molar-refractivity contribution in [1.82, 2.24) is 20.4 Å². The van der Waals surface area contributed by atoms with E-state index < -0.39 is 0 Å². The largest absolute Gasteiger partial charge is 0.366 e.